The summed E-state index contributed by atoms with van der Waals surface area (Å²) in [6.07, 6.45) is 0. The molecule has 4 rings (SSSR count). The molecule has 0 spiro atoms. The van der Waals surface area contributed by atoms with Crippen molar-refractivity contribution in [2.75, 3.05) is 11.9 Å². The van der Waals surface area contributed by atoms with E-state index in [1.807, 2.05) is 0 Å². The molecule has 10 heteroatoms. The highest BCUT2D eigenvalue weighted by molar-refractivity contribution is 7.15. The largest absolute Gasteiger partial charge is 0.462 e. The number of rotatable bonds is 5. The average molecular weight is 486 g/mol. The van der Waals surface area contributed by atoms with Crippen LogP contribution in [0.25, 0.3) is 22.0 Å². The Morgan fingerprint density at radius 2 is 1.94 bits per heavy atom. The van der Waals surface area contributed by atoms with Crippen molar-refractivity contribution in [3.05, 3.63) is 80.2 Å². The predicted octanol–water partition coefficient (Wildman–Crippen LogP) is 4.88. The van der Waals surface area contributed by atoms with Crippen LogP contribution in [0.3, 0.4) is 0 Å². The minimum atomic E-state index is -0.822. The van der Waals surface area contributed by atoms with Crippen molar-refractivity contribution in [1.82, 2.24) is 9.78 Å². The molecule has 0 aliphatic rings. The number of thiophene rings is 1. The highest BCUT2D eigenvalue weighted by Crippen LogP contribution is 2.36. The molecule has 1 amide bonds. The molecule has 0 aliphatic heterocycles. The molecule has 0 fully saturated rings. The number of benzene rings is 2. The highest BCUT2D eigenvalue weighted by atomic mass is 35.5. The van der Waals surface area contributed by atoms with Crippen molar-refractivity contribution in [3.8, 4) is 11.1 Å². The second-order valence-corrected chi connectivity index (χ2v) is 8.31. The number of ether oxygens (including phenoxy) is 1. The summed E-state index contributed by atoms with van der Waals surface area (Å²) in [6, 6.07) is 10.5. The van der Waals surface area contributed by atoms with Gasteiger partial charge in [0.15, 0.2) is 5.69 Å². The molecular weight excluding hydrogens is 469 g/mol. The van der Waals surface area contributed by atoms with Gasteiger partial charge in [-0.05, 0) is 42.8 Å². The number of fused-ring (bicyclic) bond motifs is 1. The Bertz CT molecular complexity index is 1450. The first-order chi connectivity index (χ1) is 15.8. The number of hydrogen-bond donors (Lipinski definition) is 1. The summed E-state index contributed by atoms with van der Waals surface area (Å²) < 4.78 is 20.2. The lowest BCUT2D eigenvalue weighted by molar-refractivity contribution is 0.0529. The number of carbonyl (C=O) groups is 2. The van der Waals surface area contributed by atoms with E-state index in [1.165, 1.54) is 16.8 Å². The maximum absolute atomic E-state index is 13.7. The first-order valence-corrected chi connectivity index (χ1v) is 11.1. The van der Waals surface area contributed by atoms with Crippen LogP contribution in [0, 0.1) is 5.82 Å². The van der Waals surface area contributed by atoms with Gasteiger partial charge in [-0.15, -0.1) is 11.3 Å². The lowest BCUT2D eigenvalue weighted by atomic mass is 10.0. The zero-order chi connectivity index (χ0) is 23.7. The normalized spacial score (nSPS) is 10.9. The number of nitrogens with zero attached hydrogens (tertiary/aromatic N) is 2. The molecule has 0 aliphatic carbocycles. The standard InChI is InChI=1S/C23H17ClFN3O4S/c1-3-32-23(31)18-16(12-4-6-13(24)7-5-12)11-33-22(18)26-21(30)19-20(29)15-10-14(25)8-9-17(15)28(2)27-19/h4-11H,3H2,1-2H3,(H,26,30). The second-order valence-electron chi connectivity index (χ2n) is 7.00. The molecule has 168 valence electrons. The number of amides is 1. The van der Waals surface area contributed by atoms with Crippen molar-refractivity contribution in [3.63, 3.8) is 0 Å². The molecular formula is C23H17ClFN3O4S. The smallest absolute Gasteiger partial charge is 0.341 e. The van der Waals surface area contributed by atoms with Crippen LogP contribution in [0.2, 0.25) is 5.02 Å². The zero-order valence-corrected chi connectivity index (χ0v) is 19.1. The molecule has 0 radical (unpaired) electrons. The Morgan fingerprint density at radius 3 is 2.64 bits per heavy atom. The fourth-order valence-electron chi connectivity index (χ4n) is 3.36. The molecule has 7 nitrogen and oxygen atoms in total. The first-order valence-electron chi connectivity index (χ1n) is 9.82. The van der Waals surface area contributed by atoms with Gasteiger partial charge in [0, 0.05) is 23.0 Å². The van der Waals surface area contributed by atoms with Crippen molar-refractivity contribution in [1.29, 1.82) is 0 Å². The van der Waals surface area contributed by atoms with Crippen molar-refractivity contribution in [2.45, 2.75) is 6.92 Å². The maximum Gasteiger partial charge on any atom is 0.341 e. The summed E-state index contributed by atoms with van der Waals surface area (Å²) in [5.74, 6) is -2.05. The Balaban J connectivity index is 1.77. The molecule has 1 N–H and O–H groups in total. The van der Waals surface area contributed by atoms with E-state index in [1.54, 1.807) is 43.6 Å². The fourth-order valence-corrected chi connectivity index (χ4v) is 4.44. The Hall–Kier alpha value is -3.56. The van der Waals surface area contributed by atoms with Gasteiger partial charge < -0.3 is 10.1 Å². The van der Waals surface area contributed by atoms with Gasteiger partial charge in [0.25, 0.3) is 5.91 Å². The average Bonchev–Trinajstić information content (AvgIpc) is 3.20. The van der Waals surface area contributed by atoms with E-state index in [0.717, 1.165) is 17.4 Å². The zero-order valence-electron chi connectivity index (χ0n) is 17.5. The molecule has 4 aromatic rings. The number of aryl methyl sites for hydroxylation is 1. The summed E-state index contributed by atoms with van der Waals surface area (Å²) in [6.45, 7) is 1.81. The van der Waals surface area contributed by atoms with Crippen molar-refractivity contribution in [2.24, 2.45) is 7.05 Å². The lowest BCUT2D eigenvalue weighted by Crippen LogP contribution is -2.26. The molecule has 2 aromatic heterocycles. The van der Waals surface area contributed by atoms with E-state index in [0.29, 0.717) is 21.7 Å². The monoisotopic (exact) mass is 485 g/mol. The van der Waals surface area contributed by atoms with Crippen LogP contribution in [0.15, 0.2) is 52.6 Å². The molecule has 0 bridgehead atoms. The number of nitrogens with one attached hydrogen (secondary N) is 1. The third-order valence-corrected chi connectivity index (χ3v) is 6.03. The first kappa shape index (κ1) is 22.6. The summed E-state index contributed by atoms with van der Waals surface area (Å²) >= 11 is 7.07. The van der Waals surface area contributed by atoms with Crippen LogP contribution in [0.1, 0.15) is 27.8 Å². The molecule has 0 atom stereocenters. The van der Waals surface area contributed by atoms with Crippen molar-refractivity contribution < 1.29 is 18.7 Å². The van der Waals surface area contributed by atoms with Gasteiger partial charge >= 0.3 is 5.97 Å². The molecule has 2 heterocycles. The summed E-state index contributed by atoms with van der Waals surface area (Å²) in [5, 5.41) is 9.12. The van der Waals surface area contributed by atoms with E-state index >= 15 is 0 Å². The van der Waals surface area contributed by atoms with E-state index in [9.17, 15) is 18.8 Å². The maximum atomic E-state index is 13.7. The van der Waals surface area contributed by atoms with Gasteiger partial charge in [-0.1, -0.05) is 23.7 Å². The Labute approximate surface area is 196 Å². The van der Waals surface area contributed by atoms with E-state index in [2.05, 4.69) is 10.4 Å². The number of hydrogen-bond acceptors (Lipinski definition) is 6. The third kappa shape index (κ3) is 4.37. The van der Waals surface area contributed by atoms with E-state index < -0.39 is 28.8 Å². The minimum Gasteiger partial charge on any atom is -0.462 e. The van der Waals surface area contributed by atoms with Crippen LogP contribution in [-0.2, 0) is 11.8 Å². The number of esters is 1. The van der Waals surface area contributed by atoms with Gasteiger partial charge in [0.1, 0.15) is 16.4 Å². The molecule has 0 saturated carbocycles. The lowest BCUT2D eigenvalue weighted by Gasteiger charge is -2.10. The molecule has 0 unspecified atom stereocenters. The van der Waals surface area contributed by atoms with Crippen molar-refractivity contribution >= 4 is 50.7 Å². The van der Waals surface area contributed by atoms with Gasteiger partial charge in [-0.3, -0.25) is 14.3 Å². The number of halogens is 2. The fraction of sp³-hybridized carbons (Fsp3) is 0.130. The topological polar surface area (TPSA) is 90.3 Å². The van der Waals surface area contributed by atoms with Crippen LogP contribution in [0.4, 0.5) is 9.39 Å². The molecule has 0 saturated heterocycles. The van der Waals surface area contributed by atoms with Gasteiger partial charge in [0.05, 0.1) is 17.5 Å². The van der Waals surface area contributed by atoms with E-state index in [-0.39, 0.29) is 22.6 Å². The Morgan fingerprint density at radius 1 is 1.21 bits per heavy atom. The summed E-state index contributed by atoms with van der Waals surface area (Å²) in [7, 11) is 1.55. The quantitative estimate of drug-likeness (QED) is 0.407. The highest BCUT2D eigenvalue weighted by Gasteiger charge is 2.25. The van der Waals surface area contributed by atoms with E-state index in [4.69, 9.17) is 16.3 Å². The number of aromatic nitrogens is 2. The van der Waals surface area contributed by atoms with Crippen LogP contribution in [0.5, 0.6) is 0 Å². The second kappa shape index (κ2) is 9.13. The third-order valence-electron chi connectivity index (χ3n) is 4.88. The predicted molar refractivity (Wildman–Crippen MR) is 126 cm³/mol. The SMILES string of the molecule is CCOC(=O)c1c(-c2ccc(Cl)cc2)csc1NC(=O)c1nn(C)c2ccc(F)cc2c1=O. The van der Waals surface area contributed by atoms with Gasteiger partial charge in [0.2, 0.25) is 5.43 Å². The number of anilines is 1. The van der Waals surface area contributed by atoms with Crippen LogP contribution >= 0.6 is 22.9 Å². The number of carbonyl (C=O) groups excluding carboxylic acids is 2. The van der Waals surface area contributed by atoms with Gasteiger partial charge in [-0.2, -0.15) is 5.10 Å². The summed E-state index contributed by atoms with van der Waals surface area (Å²) in [5.41, 5.74) is 0.646. The van der Waals surface area contributed by atoms with Crippen LogP contribution < -0.4 is 10.7 Å². The Kier molecular flexibility index (Phi) is 6.26. The molecule has 33 heavy (non-hydrogen) atoms. The van der Waals surface area contributed by atoms with Gasteiger partial charge in [-0.25, -0.2) is 9.18 Å². The molecule has 2 aromatic carbocycles. The van der Waals surface area contributed by atoms with Crippen LogP contribution in [-0.4, -0.2) is 28.3 Å². The summed E-state index contributed by atoms with van der Waals surface area (Å²) in [4.78, 5) is 38.6. The minimum absolute atomic E-state index is 0.0244.